The molecule has 0 aromatic heterocycles. The molecule has 0 aliphatic heterocycles. The largest absolute Gasteiger partial charge is 0.314 e. The molecule has 0 heterocycles. The van der Waals surface area contributed by atoms with E-state index >= 15 is 0 Å². The zero-order chi connectivity index (χ0) is 14.7. The highest BCUT2D eigenvalue weighted by Crippen LogP contribution is 2.08. The van der Waals surface area contributed by atoms with E-state index in [4.69, 9.17) is 0 Å². The Morgan fingerprint density at radius 3 is 2.00 bits per heavy atom. The molecule has 1 N–H and O–H groups in total. The lowest BCUT2D eigenvalue weighted by Gasteiger charge is -2.31. The van der Waals surface area contributed by atoms with Gasteiger partial charge in [-0.3, -0.25) is 0 Å². The first kappa shape index (κ1) is 18.9. The maximum Gasteiger partial charge on any atom is 0.00815 e. The third kappa shape index (κ3) is 8.61. The maximum atomic E-state index is 3.51. The molecule has 2 atom stereocenters. The molecule has 3 heteroatoms. The number of nitrogens with zero attached hydrogens (tertiary/aromatic N) is 2. The van der Waals surface area contributed by atoms with Gasteiger partial charge in [-0.2, -0.15) is 0 Å². The summed E-state index contributed by atoms with van der Waals surface area (Å²) in [6.07, 6.45) is 2.53. The Hall–Kier alpha value is -0.120. The van der Waals surface area contributed by atoms with Crippen LogP contribution in [-0.4, -0.2) is 61.2 Å². The van der Waals surface area contributed by atoms with E-state index < -0.39 is 0 Å². The third-order valence-corrected chi connectivity index (χ3v) is 4.09. The second kappa shape index (κ2) is 11.7. The zero-order valence-corrected chi connectivity index (χ0v) is 14.2. The molecule has 0 aliphatic rings. The van der Waals surface area contributed by atoms with Crippen LogP contribution < -0.4 is 5.32 Å². The van der Waals surface area contributed by atoms with Crippen molar-refractivity contribution in [2.75, 3.05) is 39.3 Å². The first-order chi connectivity index (χ1) is 9.08. The van der Waals surface area contributed by atoms with Crippen molar-refractivity contribution in [2.45, 2.75) is 66.5 Å². The summed E-state index contributed by atoms with van der Waals surface area (Å²) in [6, 6.07) is 1.30. The second-order valence-electron chi connectivity index (χ2n) is 5.55. The van der Waals surface area contributed by atoms with Crippen LogP contribution in [-0.2, 0) is 0 Å². The van der Waals surface area contributed by atoms with Crippen molar-refractivity contribution in [2.24, 2.45) is 0 Å². The van der Waals surface area contributed by atoms with Gasteiger partial charge in [0.25, 0.3) is 0 Å². The summed E-state index contributed by atoms with van der Waals surface area (Å²) in [5.41, 5.74) is 0. The van der Waals surface area contributed by atoms with Gasteiger partial charge in [-0.15, -0.1) is 0 Å². The second-order valence-corrected chi connectivity index (χ2v) is 5.55. The van der Waals surface area contributed by atoms with Crippen LogP contribution in [0.4, 0.5) is 0 Å². The van der Waals surface area contributed by atoms with Crippen LogP contribution in [0.15, 0.2) is 0 Å². The lowest BCUT2D eigenvalue weighted by atomic mass is 10.1. The van der Waals surface area contributed by atoms with E-state index in [1.54, 1.807) is 0 Å². The normalized spacial score (nSPS) is 15.2. The van der Waals surface area contributed by atoms with Crippen LogP contribution in [0, 0.1) is 0 Å². The van der Waals surface area contributed by atoms with Crippen LogP contribution in [0.2, 0.25) is 0 Å². The predicted octanol–water partition coefficient (Wildman–Crippen LogP) is 2.82. The Morgan fingerprint density at radius 2 is 1.53 bits per heavy atom. The molecular formula is C16H37N3. The molecule has 0 rings (SSSR count). The van der Waals surface area contributed by atoms with Crippen LogP contribution in [0.25, 0.3) is 0 Å². The van der Waals surface area contributed by atoms with Crippen LogP contribution in [0.1, 0.15) is 54.4 Å². The minimum absolute atomic E-state index is 0.622. The minimum atomic E-state index is 0.622. The molecule has 0 fully saturated rings. The van der Waals surface area contributed by atoms with Crippen molar-refractivity contribution in [1.29, 1.82) is 0 Å². The molecule has 0 radical (unpaired) electrons. The topological polar surface area (TPSA) is 18.5 Å². The summed E-state index contributed by atoms with van der Waals surface area (Å²) in [5.74, 6) is 0. The lowest BCUT2D eigenvalue weighted by molar-refractivity contribution is 0.183. The number of hydrogen-bond donors (Lipinski definition) is 1. The zero-order valence-electron chi connectivity index (χ0n) is 14.2. The van der Waals surface area contributed by atoms with Gasteiger partial charge in [0.15, 0.2) is 0 Å². The van der Waals surface area contributed by atoms with Crippen molar-refractivity contribution in [3.8, 4) is 0 Å². The average Bonchev–Trinajstić information content (AvgIpc) is 2.39. The third-order valence-electron chi connectivity index (χ3n) is 4.09. The highest BCUT2D eigenvalue weighted by atomic mass is 15.2. The van der Waals surface area contributed by atoms with Crippen molar-refractivity contribution >= 4 is 0 Å². The number of nitrogens with one attached hydrogen (secondary N) is 1. The molecule has 0 aromatic rings. The summed E-state index contributed by atoms with van der Waals surface area (Å²) >= 11 is 0. The molecule has 116 valence electrons. The average molecular weight is 271 g/mol. The first-order valence-corrected chi connectivity index (χ1v) is 8.28. The highest BCUT2D eigenvalue weighted by Gasteiger charge is 2.14. The van der Waals surface area contributed by atoms with Crippen LogP contribution >= 0.6 is 0 Å². The van der Waals surface area contributed by atoms with E-state index in [1.807, 2.05) is 0 Å². The van der Waals surface area contributed by atoms with Gasteiger partial charge >= 0.3 is 0 Å². The molecule has 0 spiro atoms. The van der Waals surface area contributed by atoms with Gasteiger partial charge in [-0.25, -0.2) is 0 Å². The van der Waals surface area contributed by atoms with Gasteiger partial charge in [0.05, 0.1) is 0 Å². The molecule has 0 saturated carbocycles. The lowest BCUT2D eigenvalue weighted by Crippen LogP contribution is -2.40. The molecule has 3 nitrogen and oxygen atoms in total. The summed E-state index contributed by atoms with van der Waals surface area (Å²) in [5, 5.41) is 3.51. The van der Waals surface area contributed by atoms with E-state index in [2.05, 4.69) is 56.7 Å². The molecule has 0 bridgehead atoms. The molecular weight excluding hydrogens is 234 g/mol. The number of rotatable bonds is 12. The molecule has 2 unspecified atom stereocenters. The van der Waals surface area contributed by atoms with Crippen molar-refractivity contribution in [3.63, 3.8) is 0 Å². The maximum absolute atomic E-state index is 3.51. The summed E-state index contributed by atoms with van der Waals surface area (Å²) in [6.45, 7) is 20.7. The van der Waals surface area contributed by atoms with Gasteiger partial charge in [-0.05, 0) is 66.0 Å². The summed E-state index contributed by atoms with van der Waals surface area (Å²) in [7, 11) is 0. The van der Waals surface area contributed by atoms with E-state index in [0.717, 1.165) is 13.1 Å². The van der Waals surface area contributed by atoms with E-state index in [1.165, 1.54) is 39.0 Å². The van der Waals surface area contributed by atoms with E-state index in [9.17, 15) is 0 Å². The van der Waals surface area contributed by atoms with E-state index in [0.29, 0.717) is 12.1 Å². The SMILES string of the molecule is CCNC(C)CC(C)N(CC)CCCN(CC)CC. The Bertz CT molecular complexity index is 192. The van der Waals surface area contributed by atoms with E-state index in [-0.39, 0.29) is 0 Å². The van der Waals surface area contributed by atoms with Crippen LogP contribution in [0.3, 0.4) is 0 Å². The summed E-state index contributed by atoms with van der Waals surface area (Å²) in [4.78, 5) is 5.14. The molecule has 19 heavy (non-hydrogen) atoms. The smallest absolute Gasteiger partial charge is 0.00815 e. The fourth-order valence-corrected chi connectivity index (χ4v) is 2.82. The summed E-state index contributed by atoms with van der Waals surface area (Å²) < 4.78 is 0. The fourth-order valence-electron chi connectivity index (χ4n) is 2.82. The van der Waals surface area contributed by atoms with Crippen molar-refractivity contribution in [1.82, 2.24) is 15.1 Å². The molecule has 0 aliphatic carbocycles. The Morgan fingerprint density at radius 1 is 0.895 bits per heavy atom. The highest BCUT2D eigenvalue weighted by molar-refractivity contribution is 4.72. The van der Waals surface area contributed by atoms with Crippen molar-refractivity contribution < 1.29 is 0 Å². The molecule has 0 amide bonds. The molecule has 0 saturated heterocycles. The quantitative estimate of drug-likeness (QED) is 0.589. The van der Waals surface area contributed by atoms with Gasteiger partial charge in [0, 0.05) is 12.1 Å². The number of hydrogen-bond acceptors (Lipinski definition) is 3. The standard InChI is InChI=1S/C16H37N3/c1-7-17-15(5)14-16(6)19(10-4)13-11-12-18(8-2)9-3/h15-17H,7-14H2,1-6H3. The van der Waals surface area contributed by atoms with Gasteiger partial charge in [0.1, 0.15) is 0 Å². The fraction of sp³-hybridized carbons (Fsp3) is 1.00. The van der Waals surface area contributed by atoms with Crippen molar-refractivity contribution in [3.05, 3.63) is 0 Å². The predicted molar refractivity (Wildman–Crippen MR) is 86.9 cm³/mol. The molecule has 0 aromatic carbocycles. The Labute approximate surface area is 121 Å². The monoisotopic (exact) mass is 271 g/mol. The minimum Gasteiger partial charge on any atom is -0.314 e. The van der Waals surface area contributed by atoms with Gasteiger partial charge in [0.2, 0.25) is 0 Å². The Kier molecular flexibility index (Phi) is 11.6. The van der Waals surface area contributed by atoms with Crippen LogP contribution in [0.5, 0.6) is 0 Å². The van der Waals surface area contributed by atoms with Gasteiger partial charge < -0.3 is 15.1 Å². The Balaban J connectivity index is 3.97. The van der Waals surface area contributed by atoms with Gasteiger partial charge in [-0.1, -0.05) is 27.7 Å². The first-order valence-electron chi connectivity index (χ1n) is 8.28.